The van der Waals surface area contributed by atoms with Gasteiger partial charge >= 0.3 is 5.97 Å². The van der Waals surface area contributed by atoms with Crippen molar-refractivity contribution in [3.8, 4) is 0 Å². The average molecular weight is 249 g/mol. The fraction of sp³-hybridized carbons (Fsp3) is 0.714. The number of nitrogens with zero attached hydrogens (tertiary/aromatic N) is 1. The molecule has 1 N–H and O–H groups in total. The molecule has 3 aliphatic carbocycles. The molecule has 4 atom stereocenters. The Hall–Kier alpha value is -1.32. The minimum atomic E-state index is -0.0913. The van der Waals surface area contributed by atoms with Gasteiger partial charge in [-0.15, -0.1) is 5.16 Å². The summed E-state index contributed by atoms with van der Waals surface area (Å²) >= 11 is 0. The normalized spacial score (nSPS) is 37.6. The quantitative estimate of drug-likeness (QED) is 0.275. The topological polar surface area (TPSA) is 58.9 Å². The van der Waals surface area contributed by atoms with E-state index in [1.165, 1.54) is 30.4 Å². The van der Waals surface area contributed by atoms with E-state index >= 15 is 0 Å². The van der Waals surface area contributed by atoms with Crippen LogP contribution >= 0.6 is 0 Å². The molecule has 2 bridgehead atoms. The van der Waals surface area contributed by atoms with Crippen LogP contribution in [0.1, 0.15) is 32.6 Å². The molecule has 3 rings (SSSR count). The third kappa shape index (κ3) is 1.58. The molecule has 98 valence electrons. The fourth-order valence-electron chi connectivity index (χ4n) is 4.22. The van der Waals surface area contributed by atoms with Crippen molar-refractivity contribution < 1.29 is 14.7 Å². The van der Waals surface area contributed by atoms with Gasteiger partial charge in [0.05, 0.1) is 18.7 Å². The molecule has 1 fully saturated rings. The minimum Gasteiger partial charge on any atom is -0.466 e. The van der Waals surface area contributed by atoms with Crippen molar-refractivity contribution in [2.75, 3.05) is 6.61 Å². The van der Waals surface area contributed by atoms with Gasteiger partial charge in [-0.05, 0) is 44.4 Å². The highest BCUT2D eigenvalue weighted by Gasteiger charge is 2.50. The molecular formula is C14H19NO3. The molecule has 1 saturated carbocycles. The molecule has 0 aromatic rings. The van der Waals surface area contributed by atoms with E-state index in [1.54, 1.807) is 6.21 Å². The summed E-state index contributed by atoms with van der Waals surface area (Å²) in [6.45, 7) is 2.28. The Morgan fingerprint density at radius 3 is 2.78 bits per heavy atom. The summed E-state index contributed by atoms with van der Waals surface area (Å²) in [5, 5.41) is 12.0. The Kier molecular flexibility index (Phi) is 2.88. The van der Waals surface area contributed by atoms with E-state index in [4.69, 9.17) is 9.94 Å². The first-order valence-electron chi connectivity index (χ1n) is 6.84. The Morgan fingerprint density at radius 1 is 1.39 bits per heavy atom. The maximum atomic E-state index is 12.1. The van der Waals surface area contributed by atoms with E-state index in [0.717, 1.165) is 6.42 Å². The zero-order chi connectivity index (χ0) is 12.7. The van der Waals surface area contributed by atoms with Crippen molar-refractivity contribution in [1.29, 1.82) is 0 Å². The third-order valence-corrected chi connectivity index (χ3v) is 4.73. The Labute approximate surface area is 107 Å². The molecule has 0 heterocycles. The van der Waals surface area contributed by atoms with Crippen LogP contribution in [0.15, 0.2) is 16.3 Å². The lowest BCUT2D eigenvalue weighted by Gasteiger charge is -2.18. The summed E-state index contributed by atoms with van der Waals surface area (Å²) in [5.74, 6) is 1.17. The second-order valence-electron chi connectivity index (χ2n) is 5.53. The number of ether oxygens (including phenoxy) is 1. The predicted octanol–water partition coefficient (Wildman–Crippen LogP) is 2.37. The lowest BCUT2D eigenvalue weighted by atomic mass is 9.88. The molecule has 0 radical (unpaired) electrons. The standard InChI is InChI=1S/C14H19NO3/c1-2-18-14(16)11-6-10(7-15-17)12-8-3-4-9(5-8)13(11)12/h7-11,17H,2-6H2,1H3/b15-7-/t8-,9-,10+,11-/m0/s1. The smallest absolute Gasteiger partial charge is 0.313 e. The number of hydrogen-bond acceptors (Lipinski definition) is 4. The molecular weight excluding hydrogens is 230 g/mol. The number of rotatable bonds is 3. The molecule has 4 nitrogen and oxygen atoms in total. The van der Waals surface area contributed by atoms with Crippen LogP contribution in [0.4, 0.5) is 0 Å². The number of allylic oxidation sites excluding steroid dienone is 1. The summed E-state index contributed by atoms with van der Waals surface area (Å²) in [6, 6.07) is 0. The number of hydrogen-bond donors (Lipinski definition) is 1. The first-order valence-corrected chi connectivity index (χ1v) is 6.84. The Morgan fingerprint density at radius 2 is 2.11 bits per heavy atom. The Bertz CT molecular complexity index is 427. The molecule has 0 aromatic heterocycles. The molecule has 0 unspecified atom stereocenters. The zero-order valence-electron chi connectivity index (χ0n) is 10.6. The lowest BCUT2D eigenvalue weighted by molar-refractivity contribution is -0.146. The van der Waals surface area contributed by atoms with Gasteiger partial charge in [0.2, 0.25) is 0 Å². The van der Waals surface area contributed by atoms with Gasteiger partial charge in [-0.3, -0.25) is 4.79 Å². The van der Waals surface area contributed by atoms with Gasteiger partial charge < -0.3 is 9.94 Å². The summed E-state index contributed by atoms with van der Waals surface area (Å²) in [7, 11) is 0. The molecule has 18 heavy (non-hydrogen) atoms. The van der Waals surface area contributed by atoms with Gasteiger partial charge in [-0.2, -0.15) is 0 Å². The highest BCUT2D eigenvalue weighted by atomic mass is 16.5. The molecule has 3 aliphatic rings. The number of carbonyl (C=O) groups is 1. The van der Waals surface area contributed by atoms with Crippen molar-refractivity contribution in [1.82, 2.24) is 0 Å². The molecule has 0 aliphatic heterocycles. The molecule has 0 saturated heterocycles. The summed E-state index contributed by atoms with van der Waals surface area (Å²) in [4.78, 5) is 12.1. The van der Waals surface area contributed by atoms with E-state index in [9.17, 15) is 4.79 Å². The van der Waals surface area contributed by atoms with Gasteiger partial charge in [0, 0.05) is 5.92 Å². The molecule has 4 heteroatoms. The second kappa shape index (κ2) is 4.41. The maximum Gasteiger partial charge on any atom is 0.313 e. The predicted molar refractivity (Wildman–Crippen MR) is 66.4 cm³/mol. The van der Waals surface area contributed by atoms with Crippen LogP contribution in [0.3, 0.4) is 0 Å². The maximum absolute atomic E-state index is 12.1. The number of fused-ring (bicyclic) bond motifs is 4. The third-order valence-electron chi connectivity index (χ3n) is 4.73. The molecule has 0 spiro atoms. The van der Waals surface area contributed by atoms with E-state index in [1.807, 2.05) is 6.92 Å². The second-order valence-corrected chi connectivity index (χ2v) is 5.53. The molecule has 0 aromatic carbocycles. The summed E-state index contributed by atoms with van der Waals surface area (Å²) in [6.07, 6.45) is 5.96. The summed E-state index contributed by atoms with van der Waals surface area (Å²) in [5.41, 5.74) is 2.72. The Balaban J connectivity index is 1.91. The fourth-order valence-corrected chi connectivity index (χ4v) is 4.22. The van der Waals surface area contributed by atoms with Crippen molar-refractivity contribution in [3.63, 3.8) is 0 Å². The summed E-state index contributed by atoms with van der Waals surface area (Å²) < 4.78 is 5.19. The van der Waals surface area contributed by atoms with Crippen molar-refractivity contribution in [2.24, 2.45) is 28.8 Å². The van der Waals surface area contributed by atoms with Crippen LogP contribution < -0.4 is 0 Å². The van der Waals surface area contributed by atoms with Gasteiger partial charge in [0.1, 0.15) is 0 Å². The van der Waals surface area contributed by atoms with Crippen LogP contribution in [-0.4, -0.2) is 24.0 Å². The van der Waals surface area contributed by atoms with Gasteiger partial charge in [-0.1, -0.05) is 11.1 Å². The minimum absolute atomic E-state index is 0.0850. The highest BCUT2D eigenvalue weighted by Crippen LogP contribution is 2.58. The van der Waals surface area contributed by atoms with Crippen LogP contribution in [0.25, 0.3) is 0 Å². The first kappa shape index (κ1) is 11.8. The van der Waals surface area contributed by atoms with Gasteiger partial charge in [-0.25, -0.2) is 0 Å². The van der Waals surface area contributed by atoms with Crippen molar-refractivity contribution >= 4 is 12.2 Å². The van der Waals surface area contributed by atoms with Gasteiger partial charge in [0.25, 0.3) is 0 Å². The van der Waals surface area contributed by atoms with Crippen LogP contribution in [-0.2, 0) is 9.53 Å². The van der Waals surface area contributed by atoms with Crippen molar-refractivity contribution in [2.45, 2.75) is 32.6 Å². The van der Waals surface area contributed by atoms with E-state index in [2.05, 4.69) is 5.16 Å². The average Bonchev–Trinajstić information content (AvgIpc) is 3.01. The first-order chi connectivity index (χ1) is 8.76. The van der Waals surface area contributed by atoms with Crippen LogP contribution in [0.2, 0.25) is 0 Å². The largest absolute Gasteiger partial charge is 0.466 e. The van der Waals surface area contributed by atoms with Crippen molar-refractivity contribution in [3.05, 3.63) is 11.1 Å². The monoisotopic (exact) mass is 249 g/mol. The number of esters is 1. The number of oxime groups is 1. The van der Waals surface area contributed by atoms with Gasteiger partial charge in [0.15, 0.2) is 0 Å². The zero-order valence-corrected chi connectivity index (χ0v) is 10.6. The SMILES string of the molecule is CCOC(=O)[C@H]1C[C@H](/C=N\O)C2=C1[C@H]1CC[C@H]2C1. The number of carbonyl (C=O) groups excluding carboxylic acids is 1. The van der Waals surface area contributed by atoms with Crippen LogP contribution in [0, 0.1) is 23.7 Å². The lowest BCUT2D eigenvalue weighted by Crippen LogP contribution is -2.21. The van der Waals surface area contributed by atoms with E-state index < -0.39 is 0 Å². The van der Waals surface area contributed by atoms with Crippen LogP contribution in [0.5, 0.6) is 0 Å². The molecule has 0 amide bonds. The van der Waals surface area contributed by atoms with E-state index in [0.29, 0.717) is 18.4 Å². The van der Waals surface area contributed by atoms with E-state index in [-0.39, 0.29) is 17.8 Å². The highest BCUT2D eigenvalue weighted by molar-refractivity contribution is 5.81.